The molecule has 0 aliphatic carbocycles. The number of halogens is 4. The molecule has 2 saturated heterocycles. The molecule has 2 aliphatic rings. The molecule has 16 heteroatoms. The topological polar surface area (TPSA) is 158 Å². The number of nitrogens with one attached hydrogen (secondary N) is 1. The van der Waals surface area contributed by atoms with E-state index in [-0.39, 0.29) is 34.1 Å². The van der Waals surface area contributed by atoms with Crippen LogP contribution in [0.3, 0.4) is 0 Å². The fourth-order valence-electron chi connectivity index (χ4n) is 5.45. The number of carboxylic acid groups (broad SMARTS) is 1. The van der Waals surface area contributed by atoms with Crippen LogP contribution in [0.4, 0.5) is 24.9 Å². The van der Waals surface area contributed by atoms with E-state index in [4.69, 9.17) is 13.5 Å². The minimum atomic E-state index is -4.89. The van der Waals surface area contributed by atoms with Gasteiger partial charge in [-0.3, -0.25) is 4.79 Å². The number of alkyl halides is 3. The number of nitrogens with two attached hydrogens (primary N) is 1. The van der Waals surface area contributed by atoms with Crippen molar-refractivity contribution < 1.29 is 35.7 Å². The number of aliphatic carboxylic acids is 1. The average molecular weight is 701 g/mol. The molecule has 2 aliphatic heterocycles. The van der Waals surface area contributed by atoms with Gasteiger partial charge in [-0.05, 0) is 49.8 Å². The van der Waals surface area contributed by atoms with Crippen molar-refractivity contribution in [1.29, 1.82) is 0 Å². The third kappa shape index (κ3) is 6.23. The second-order valence-corrected chi connectivity index (χ2v) is 10.9. The van der Waals surface area contributed by atoms with Crippen LogP contribution in [0.1, 0.15) is 47.0 Å². The van der Waals surface area contributed by atoms with Crippen LogP contribution in [-0.2, 0) is 7.86 Å². The van der Waals surface area contributed by atoms with E-state index in [1.807, 2.05) is 4.90 Å². The number of anilines is 2. The summed E-state index contributed by atoms with van der Waals surface area (Å²) >= 11 is 1.40. The first-order valence-corrected chi connectivity index (χ1v) is 13.8. The molecule has 1 spiro atoms. The fraction of sp³-hybridized carbons (Fsp3) is 0.423. The van der Waals surface area contributed by atoms with Crippen LogP contribution in [-0.4, -0.2) is 68.6 Å². The number of rotatable bonds is 7. The summed E-state index contributed by atoms with van der Waals surface area (Å²) in [4.78, 5) is 33.5. The Labute approximate surface area is 252 Å². The number of ether oxygens (including phenoxy) is 1. The maximum Gasteiger partial charge on any atom is 0.429 e. The van der Waals surface area contributed by atoms with Gasteiger partial charge < -0.3 is 28.9 Å². The molecule has 42 heavy (non-hydrogen) atoms. The van der Waals surface area contributed by atoms with Crippen molar-refractivity contribution in [3.63, 3.8) is 0 Å². The van der Waals surface area contributed by atoms with Gasteiger partial charge in [0.15, 0.2) is 23.0 Å². The SMILES string of the molecule is Cc1ccn(-c2cc(C(=O)OI)ccc2[C@@H](Oc2cc(N3CCC4(CC3)CN[C@H](C(=O)O)C4)nc(N)n2)C(F)(F)F)n1. The number of carbonyl (C=O) groups is 2. The van der Waals surface area contributed by atoms with E-state index in [0.29, 0.717) is 50.4 Å². The lowest BCUT2D eigenvalue weighted by Crippen LogP contribution is -2.41. The minimum Gasteiger partial charge on any atom is -0.480 e. The molecule has 2 atom stereocenters. The molecule has 0 bridgehead atoms. The molecule has 0 amide bonds. The molecule has 12 nitrogen and oxygen atoms in total. The minimum absolute atomic E-state index is 0.0285. The zero-order chi connectivity index (χ0) is 30.2. The van der Waals surface area contributed by atoms with Crippen molar-refractivity contribution in [3.8, 4) is 11.6 Å². The Hall–Kier alpha value is -3.67. The number of nitrogens with zero attached hydrogens (tertiary/aromatic N) is 5. The Balaban J connectivity index is 1.43. The largest absolute Gasteiger partial charge is 0.480 e. The second kappa shape index (κ2) is 11.5. The van der Waals surface area contributed by atoms with Gasteiger partial charge in [0, 0.05) is 37.5 Å². The number of nitrogen functional groups attached to an aromatic ring is 1. The second-order valence-electron chi connectivity index (χ2n) is 10.5. The predicted molar refractivity (Wildman–Crippen MR) is 152 cm³/mol. The first kappa shape index (κ1) is 29.8. The first-order chi connectivity index (χ1) is 19.9. The third-order valence-electron chi connectivity index (χ3n) is 7.64. The molecule has 2 aromatic heterocycles. The van der Waals surface area contributed by atoms with E-state index in [1.165, 1.54) is 52.1 Å². The van der Waals surface area contributed by atoms with Gasteiger partial charge in [0.05, 0.1) is 16.9 Å². The standard InChI is InChI=1S/C26H27F3IN7O5/c1-14-4-7-37(35-14)18-10-15(23(40)42-30)2-3-16(18)21(26(27,28)29)41-20-11-19(33-24(31)34-20)36-8-5-25(6-9-36)12-17(22(38)39)32-13-25/h2-4,7,10-11,17,21,32H,5-6,8-9,12-13H2,1H3,(H,38,39)(H2,31,33,34)/t17-,21+/m0/s1. The molecule has 2 fully saturated rings. The van der Waals surface area contributed by atoms with Crippen LogP contribution in [0.2, 0.25) is 0 Å². The average Bonchev–Trinajstić information content (AvgIpc) is 3.57. The Morgan fingerprint density at radius 3 is 2.55 bits per heavy atom. The van der Waals surface area contributed by atoms with Crippen LogP contribution in [0.25, 0.3) is 5.69 Å². The van der Waals surface area contributed by atoms with E-state index in [2.05, 4.69) is 20.4 Å². The highest BCUT2D eigenvalue weighted by Gasteiger charge is 2.46. The van der Waals surface area contributed by atoms with Crippen molar-refractivity contribution >= 4 is 46.7 Å². The number of benzene rings is 1. The maximum atomic E-state index is 14.6. The molecule has 1 aromatic carbocycles. The van der Waals surface area contributed by atoms with Gasteiger partial charge in [-0.25, -0.2) is 9.48 Å². The number of piperidine rings is 1. The van der Waals surface area contributed by atoms with Crippen molar-refractivity contribution in [2.24, 2.45) is 5.41 Å². The van der Waals surface area contributed by atoms with E-state index in [0.717, 1.165) is 6.07 Å². The number of aryl methyl sites for hydroxylation is 1. The molecule has 3 aromatic rings. The Kier molecular flexibility index (Phi) is 8.19. The summed E-state index contributed by atoms with van der Waals surface area (Å²) in [6.07, 6.45) is -4.05. The van der Waals surface area contributed by atoms with Gasteiger partial charge in [-0.2, -0.15) is 28.2 Å². The number of carboxylic acids is 1. The molecule has 0 unspecified atom stereocenters. The Morgan fingerprint density at radius 2 is 1.95 bits per heavy atom. The molecular formula is C26H27F3IN7O5. The summed E-state index contributed by atoms with van der Waals surface area (Å²) in [5, 5.41) is 16.6. The zero-order valence-corrected chi connectivity index (χ0v) is 24.4. The Morgan fingerprint density at radius 1 is 1.21 bits per heavy atom. The molecule has 0 radical (unpaired) electrons. The quantitative estimate of drug-likeness (QED) is 0.308. The lowest BCUT2D eigenvalue weighted by atomic mass is 9.76. The molecule has 5 rings (SSSR count). The number of hydrogen-bond acceptors (Lipinski definition) is 10. The van der Waals surface area contributed by atoms with Gasteiger partial charge in [0.25, 0.3) is 0 Å². The first-order valence-electron chi connectivity index (χ1n) is 13.0. The van der Waals surface area contributed by atoms with Crippen LogP contribution in [0, 0.1) is 12.3 Å². The summed E-state index contributed by atoms with van der Waals surface area (Å²) in [5.74, 6) is -1.96. The molecule has 4 heterocycles. The molecule has 4 N–H and O–H groups in total. The van der Waals surface area contributed by atoms with Gasteiger partial charge in [-0.15, -0.1) is 0 Å². The molecule has 0 saturated carbocycles. The van der Waals surface area contributed by atoms with Gasteiger partial charge in [0.2, 0.25) is 17.9 Å². The van der Waals surface area contributed by atoms with Crippen molar-refractivity contribution in [2.45, 2.75) is 44.5 Å². The summed E-state index contributed by atoms with van der Waals surface area (Å²) in [5.41, 5.74) is 5.97. The lowest BCUT2D eigenvalue weighted by Gasteiger charge is -2.39. The highest BCUT2D eigenvalue weighted by atomic mass is 127. The van der Waals surface area contributed by atoms with Gasteiger partial charge >= 0.3 is 18.1 Å². The van der Waals surface area contributed by atoms with Crippen molar-refractivity contribution in [2.75, 3.05) is 30.3 Å². The van der Waals surface area contributed by atoms with Gasteiger partial charge in [0.1, 0.15) is 11.9 Å². The molecule has 224 valence electrons. The normalized spacial score (nSPS) is 19.1. The summed E-state index contributed by atoms with van der Waals surface area (Å²) in [7, 11) is 0. The summed E-state index contributed by atoms with van der Waals surface area (Å²) in [6.45, 7) is 3.27. The number of aromatic nitrogens is 4. The van der Waals surface area contributed by atoms with E-state index < -0.39 is 30.3 Å². The van der Waals surface area contributed by atoms with E-state index in [9.17, 15) is 27.9 Å². The highest BCUT2D eigenvalue weighted by molar-refractivity contribution is 14.1. The van der Waals surface area contributed by atoms with Crippen LogP contribution >= 0.6 is 23.0 Å². The smallest absolute Gasteiger partial charge is 0.429 e. The van der Waals surface area contributed by atoms with Crippen LogP contribution in [0.5, 0.6) is 5.88 Å². The number of carbonyl (C=O) groups excluding carboxylic acids is 1. The predicted octanol–water partition coefficient (Wildman–Crippen LogP) is 3.78. The third-order valence-corrected chi connectivity index (χ3v) is 8.04. The van der Waals surface area contributed by atoms with Crippen LogP contribution in [0.15, 0.2) is 36.5 Å². The van der Waals surface area contributed by atoms with Crippen LogP contribution < -0.4 is 20.7 Å². The summed E-state index contributed by atoms with van der Waals surface area (Å²) < 4.78 is 55.1. The zero-order valence-electron chi connectivity index (χ0n) is 22.3. The van der Waals surface area contributed by atoms with E-state index in [1.54, 1.807) is 13.0 Å². The monoisotopic (exact) mass is 701 g/mol. The van der Waals surface area contributed by atoms with Crippen molar-refractivity contribution in [1.82, 2.24) is 25.1 Å². The van der Waals surface area contributed by atoms with E-state index >= 15 is 0 Å². The summed E-state index contributed by atoms with van der Waals surface area (Å²) in [6, 6.07) is 5.93. The highest BCUT2D eigenvalue weighted by Crippen LogP contribution is 2.42. The maximum absolute atomic E-state index is 14.6. The van der Waals surface area contributed by atoms with Crippen molar-refractivity contribution in [3.05, 3.63) is 53.3 Å². The number of hydrogen-bond donors (Lipinski definition) is 3. The Bertz CT molecular complexity index is 1490. The fourth-order valence-corrected chi connectivity index (χ4v) is 5.70. The molecular weight excluding hydrogens is 674 g/mol. The lowest BCUT2D eigenvalue weighted by molar-refractivity contribution is -0.198. The van der Waals surface area contributed by atoms with Gasteiger partial charge in [-0.1, -0.05) is 6.07 Å².